The molecule has 2 N–H and O–H groups in total. The molecule has 0 fully saturated rings. The Morgan fingerprint density at radius 3 is 2.43 bits per heavy atom. The number of aryl methyl sites for hydroxylation is 2. The van der Waals surface area contributed by atoms with Crippen LogP contribution in [-0.4, -0.2) is 43.1 Å². The molecule has 0 spiro atoms. The van der Waals surface area contributed by atoms with Crippen LogP contribution in [0.1, 0.15) is 20.9 Å². The molecule has 0 aliphatic rings. The summed E-state index contributed by atoms with van der Waals surface area (Å²) in [7, 11) is -2.51. The van der Waals surface area contributed by atoms with Crippen LogP contribution in [0.2, 0.25) is 0 Å². The maximum atomic E-state index is 12.6. The number of nitrogens with one attached hydrogen (secondary N) is 2. The average molecular weight is 465 g/mol. The summed E-state index contributed by atoms with van der Waals surface area (Å²) in [6.07, 6.45) is 0. The van der Waals surface area contributed by atoms with Gasteiger partial charge in [-0.05, 0) is 37.4 Å². The number of sulfonamides is 1. The van der Waals surface area contributed by atoms with Crippen LogP contribution < -0.4 is 10.9 Å². The van der Waals surface area contributed by atoms with E-state index in [-0.39, 0.29) is 4.90 Å². The Bertz CT molecular complexity index is 1150. The van der Waals surface area contributed by atoms with Gasteiger partial charge in [0.25, 0.3) is 11.8 Å². The molecule has 0 saturated heterocycles. The number of nitrogens with zero attached hydrogens (tertiary/aromatic N) is 2. The van der Waals surface area contributed by atoms with E-state index in [2.05, 4.69) is 15.8 Å². The first kappa shape index (κ1) is 22.1. The SMILES string of the molecule is Cc1ccc(S(=O)(=O)N(C)CC(=O)NNC(=O)c2sc(-c3cccs3)nc2C)cc1. The largest absolute Gasteiger partial charge is 0.281 e. The summed E-state index contributed by atoms with van der Waals surface area (Å²) >= 11 is 2.74. The lowest BCUT2D eigenvalue weighted by atomic mass is 10.2. The lowest BCUT2D eigenvalue weighted by Gasteiger charge is -2.17. The molecular formula is C19H20N4O4S3. The molecule has 0 atom stereocenters. The summed E-state index contributed by atoms with van der Waals surface area (Å²) in [6, 6.07) is 10.2. The van der Waals surface area contributed by atoms with Crippen LogP contribution in [0.5, 0.6) is 0 Å². The van der Waals surface area contributed by atoms with Crippen molar-refractivity contribution in [3.05, 3.63) is 57.9 Å². The molecule has 0 aliphatic heterocycles. The molecule has 158 valence electrons. The number of benzene rings is 1. The van der Waals surface area contributed by atoms with Crippen LogP contribution in [-0.2, 0) is 14.8 Å². The molecule has 11 heteroatoms. The molecule has 3 rings (SSSR count). The van der Waals surface area contributed by atoms with Gasteiger partial charge in [0.2, 0.25) is 10.0 Å². The predicted octanol–water partition coefficient (Wildman–Crippen LogP) is 2.57. The van der Waals surface area contributed by atoms with Crippen LogP contribution in [0.4, 0.5) is 0 Å². The molecule has 2 heterocycles. The number of aromatic nitrogens is 1. The number of amides is 2. The van der Waals surface area contributed by atoms with Gasteiger partial charge in [0.15, 0.2) is 0 Å². The van der Waals surface area contributed by atoms with Crippen molar-refractivity contribution < 1.29 is 18.0 Å². The first-order valence-corrected chi connectivity index (χ1v) is 12.0. The molecular weight excluding hydrogens is 444 g/mol. The first-order chi connectivity index (χ1) is 14.2. The molecule has 1 aromatic carbocycles. The zero-order valence-electron chi connectivity index (χ0n) is 16.5. The monoisotopic (exact) mass is 464 g/mol. The summed E-state index contributed by atoms with van der Waals surface area (Å²) in [6.45, 7) is 3.12. The number of rotatable bonds is 6. The highest BCUT2D eigenvalue weighted by Crippen LogP contribution is 2.30. The highest BCUT2D eigenvalue weighted by atomic mass is 32.2. The number of thiazole rings is 1. The topological polar surface area (TPSA) is 108 Å². The lowest BCUT2D eigenvalue weighted by molar-refractivity contribution is -0.121. The summed E-state index contributed by atoms with van der Waals surface area (Å²) < 4.78 is 26.0. The molecule has 0 saturated carbocycles. The molecule has 0 bridgehead atoms. The lowest BCUT2D eigenvalue weighted by Crippen LogP contribution is -2.46. The van der Waals surface area contributed by atoms with Gasteiger partial charge in [0, 0.05) is 7.05 Å². The van der Waals surface area contributed by atoms with E-state index in [1.54, 1.807) is 19.1 Å². The Hall–Kier alpha value is -2.60. The zero-order valence-corrected chi connectivity index (χ0v) is 19.0. The first-order valence-electron chi connectivity index (χ1n) is 8.82. The van der Waals surface area contributed by atoms with E-state index < -0.39 is 28.4 Å². The Morgan fingerprint density at radius 1 is 1.10 bits per heavy atom. The third-order valence-corrected chi connectivity index (χ3v) is 8.16. The Morgan fingerprint density at radius 2 is 1.80 bits per heavy atom. The number of carbonyl (C=O) groups is 2. The van der Waals surface area contributed by atoms with Crippen molar-refractivity contribution in [3.8, 4) is 9.88 Å². The number of likely N-dealkylation sites (N-methyl/N-ethyl adjacent to an activating group) is 1. The molecule has 0 unspecified atom stereocenters. The highest BCUT2D eigenvalue weighted by molar-refractivity contribution is 7.89. The molecule has 3 aromatic rings. The molecule has 30 heavy (non-hydrogen) atoms. The van der Waals surface area contributed by atoms with E-state index in [9.17, 15) is 18.0 Å². The minimum absolute atomic E-state index is 0.0915. The second-order valence-corrected chi connectivity index (χ2v) is 10.5. The van der Waals surface area contributed by atoms with Crippen molar-refractivity contribution in [2.24, 2.45) is 0 Å². The maximum Gasteiger partial charge on any atom is 0.281 e. The number of hydrogen-bond acceptors (Lipinski definition) is 7. The standard InChI is InChI=1S/C19H20N4O4S3/c1-12-6-8-14(9-7-12)30(26,27)23(3)11-16(24)21-22-18(25)17-13(2)20-19(29-17)15-5-4-10-28-15/h4-10H,11H2,1-3H3,(H,21,24)(H,22,25). The number of hydrazine groups is 1. The fourth-order valence-corrected chi connectivity index (χ4v) is 5.40. The van der Waals surface area contributed by atoms with Crippen LogP contribution in [0.25, 0.3) is 9.88 Å². The smallest absolute Gasteiger partial charge is 0.272 e. The minimum atomic E-state index is -3.82. The molecule has 2 amide bonds. The Kier molecular flexibility index (Phi) is 6.66. The second-order valence-electron chi connectivity index (χ2n) is 6.49. The van der Waals surface area contributed by atoms with Gasteiger partial charge in [0.1, 0.15) is 9.88 Å². The van der Waals surface area contributed by atoms with Crippen LogP contribution >= 0.6 is 22.7 Å². The van der Waals surface area contributed by atoms with Crippen molar-refractivity contribution in [1.29, 1.82) is 0 Å². The minimum Gasteiger partial charge on any atom is -0.272 e. The van der Waals surface area contributed by atoms with Crippen LogP contribution in [0.3, 0.4) is 0 Å². The van der Waals surface area contributed by atoms with E-state index in [1.165, 1.54) is 41.9 Å². The normalized spacial score (nSPS) is 11.5. The van der Waals surface area contributed by atoms with Gasteiger partial charge in [-0.15, -0.1) is 22.7 Å². The van der Waals surface area contributed by atoms with E-state index >= 15 is 0 Å². The van der Waals surface area contributed by atoms with Crippen LogP contribution in [0.15, 0.2) is 46.7 Å². The van der Waals surface area contributed by atoms with Crippen molar-refractivity contribution in [2.45, 2.75) is 18.7 Å². The molecule has 8 nitrogen and oxygen atoms in total. The fraction of sp³-hybridized carbons (Fsp3) is 0.211. The third kappa shape index (κ3) is 4.93. The molecule has 0 aliphatic carbocycles. The van der Waals surface area contributed by atoms with E-state index in [1.807, 2.05) is 24.4 Å². The van der Waals surface area contributed by atoms with Gasteiger partial charge >= 0.3 is 0 Å². The summed E-state index contributed by atoms with van der Waals surface area (Å²) in [4.78, 5) is 30.4. The van der Waals surface area contributed by atoms with Crippen molar-refractivity contribution in [2.75, 3.05) is 13.6 Å². The third-order valence-electron chi connectivity index (χ3n) is 4.15. The fourth-order valence-electron chi connectivity index (χ4n) is 2.51. The predicted molar refractivity (Wildman–Crippen MR) is 117 cm³/mol. The number of carbonyl (C=O) groups excluding carboxylic acids is 2. The second kappa shape index (κ2) is 9.04. The van der Waals surface area contributed by atoms with Gasteiger partial charge in [0.05, 0.1) is 22.0 Å². The van der Waals surface area contributed by atoms with E-state index in [0.29, 0.717) is 10.6 Å². The highest BCUT2D eigenvalue weighted by Gasteiger charge is 2.23. The Balaban J connectivity index is 1.59. The number of hydrogen-bond donors (Lipinski definition) is 2. The van der Waals surface area contributed by atoms with E-state index in [4.69, 9.17) is 0 Å². The number of thiophene rings is 1. The summed E-state index contributed by atoms with van der Waals surface area (Å²) in [5, 5.41) is 2.65. The van der Waals surface area contributed by atoms with Crippen molar-refractivity contribution in [3.63, 3.8) is 0 Å². The zero-order chi connectivity index (χ0) is 21.9. The summed E-state index contributed by atoms with van der Waals surface area (Å²) in [5.74, 6) is -1.17. The molecule has 2 aromatic heterocycles. The average Bonchev–Trinajstić information content (AvgIpc) is 3.36. The maximum absolute atomic E-state index is 12.6. The van der Waals surface area contributed by atoms with Gasteiger partial charge < -0.3 is 0 Å². The van der Waals surface area contributed by atoms with Crippen molar-refractivity contribution in [1.82, 2.24) is 20.1 Å². The van der Waals surface area contributed by atoms with Gasteiger partial charge in [-0.1, -0.05) is 23.8 Å². The summed E-state index contributed by atoms with van der Waals surface area (Å²) in [5.41, 5.74) is 6.05. The van der Waals surface area contributed by atoms with Gasteiger partial charge in [-0.3, -0.25) is 20.4 Å². The van der Waals surface area contributed by atoms with Gasteiger partial charge in [-0.25, -0.2) is 13.4 Å². The quantitative estimate of drug-likeness (QED) is 0.545. The Labute approximate surface area is 182 Å². The van der Waals surface area contributed by atoms with E-state index in [0.717, 1.165) is 19.8 Å². The van der Waals surface area contributed by atoms with Crippen molar-refractivity contribution >= 4 is 44.5 Å². The molecule has 0 radical (unpaired) electrons. The van der Waals surface area contributed by atoms with Gasteiger partial charge in [-0.2, -0.15) is 4.31 Å². The van der Waals surface area contributed by atoms with Crippen LogP contribution in [0, 0.1) is 13.8 Å².